The van der Waals surface area contributed by atoms with E-state index in [0.717, 1.165) is 0 Å². The van der Waals surface area contributed by atoms with E-state index in [-0.39, 0.29) is 34.0 Å². The molecule has 0 saturated heterocycles. The van der Waals surface area contributed by atoms with E-state index in [1.807, 2.05) is 20.8 Å². The third-order valence-corrected chi connectivity index (χ3v) is 5.83. The Labute approximate surface area is 193 Å². The van der Waals surface area contributed by atoms with Crippen LogP contribution in [-0.2, 0) is 16.7 Å². The fourth-order valence-corrected chi connectivity index (χ4v) is 3.85. The average molecular weight is 470 g/mol. The number of phenols is 1. The number of nitrogens with zero attached hydrogens (tertiary/aromatic N) is 1. The molecule has 2 aromatic carbocycles. The second-order valence-electron chi connectivity index (χ2n) is 9.05. The predicted octanol–water partition coefficient (Wildman–Crippen LogP) is 5.21. The van der Waals surface area contributed by atoms with Crippen LogP contribution in [0.5, 0.6) is 11.5 Å². The Kier molecular flexibility index (Phi) is 6.90. The number of phenolic OH excluding ortho intramolecular Hbond substituents is 1. The van der Waals surface area contributed by atoms with Gasteiger partial charge in [0.25, 0.3) is 10.1 Å². The maximum absolute atomic E-state index is 12.5. The molecular weight excluding hydrogens is 442 g/mol. The van der Waals surface area contributed by atoms with Gasteiger partial charge < -0.3 is 9.84 Å². The Morgan fingerprint density at radius 1 is 1.06 bits per heavy atom. The van der Waals surface area contributed by atoms with E-state index in [9.17, 15) is 22.9 Å². The molecule has 0 atom stereocenters. The van der Waals surface area contributed by atoms with Crippen LogP contribution in [0.1, 0.15) is 48.8 Å². The minimum absolute atomic E-state index is 0.0921. The summed E-state index contributed by atoms with van der Waals surface area (Å²) >= 11 is 0. The highest BCUT2D eigenvalue weighted by Gasteiger charge is 2.21. The Hall–Kier alpha value is -3.23. The highest BCUT2D eigenvalue weighted by atomic mass is 32.2. The van der Waals surface area contributed by atoms with Crippen molar-refractivity contribution in [3.8, 4) is 22.8 Å². The van der Waals surface area contributed by atoms with E-state index < -0.39 is 10.1 Å². The number of Topliss-reactive ketones (excluding diaryl/α,β-unsaturated/α-hetero) is 1. The molecule has 7 nitrogen and oxygen atoms in total. The van der Waals surface area contributed by atoms with Crippen molar-refractivity contribution in [2.75, 3.05) is 0 Å². The molecule has 0 fully saturated rings. The molecule has 1 aromatic heterocycles. The van der Waals surface area contributed by atoms with E-state index in [0.29, 0.717) is 34.7 Å². The van der Waals surface area contributed by atoms with Gasteiger partial charge in [0.2, 0.25) is 0 Å². The smallest absolute Gasteiger partial charge is 0.294 e. The third-order valence-electron chi connectivity index (χ3n) is 4.98. The van der Waals surface area contributed by atoms with Gasteiger partial charge in [-0.05, 0) is 48.7 Å². The van der Waals surface area contributed by atoms with Crippen LogP contribution in [0, 0.1) is 12.3 Å². The van der Waals surface area contributed by atoms with Crippen molar-refractivity contribution < 1.29 is 27.6 Å². The Balaban J connectivity index is 1.79. The number of hydrogen-bond acceptors (Lipinski definition) is 6. The molecule has 0 spiro atoms. The lowest BCUT2D eigenvalue weighted by Crippen LogP contribution is -2.13. The van der Waals surface area contributed by atoms with Crippen LogP contribution in [0.3, 0.4) is 0 Å². The van der Waals surface area contributed by atoms with Crippen LogP contribution in [0.4, 0.5) is 0 Å². The molecule has 0 bridgehead atoms. The molecule has 3 aromatic rings. The summed E-state index contributed by atoms with van der Waals surface area (Å²) in [4.78, 5) is 16.8. The van der Waals surface area contributed by atoms with Crippen LogP contribution >= 0.6 is 0 Å². The zero-order chi connectivity index (χ0) is 24.4. The van der Waals surface area contributed by atoms with Gasteiger partial charge in [0.05, 0.1) is 21.8 Å². The van der Waals surface area contributed by atoms with Gasteiger partial charge in [-0.2, -0.15) is 8.42 Å². The maximum Gasteiger partial charge on any atom is 0.294 e. The van der Waals surface area contributed by atoms with Gasteiger partial charge in [-0.1, -0.05) is 39.0 Å². The van der Waals surface area contributed by atoms with Crippen LogP contribution in [0.2, 0.25) is 0 Å². The van der Waals surface area contributed by atoms with Gasteiger partial charge in [0.15, 0.2) is 5.78 Å². The molecule has 174 valence electrons. The van der Waals surface area contributed by atoms with Gasteiger partial charge >= 0.3 is 0 Å². The van der Waals surface area contributed by atoms with Gasteiger partial charge in [0, 0.05) is 17.5 Å². The number of aromatic nitrogens is 1. The number of ketones is 1. The quantitative estimate of drug-likeness (QED) is 0.361. The summed E-state index contributed by atoms with van der Waals surface area (Å²) in [7, 11) is -4.32. The minimum Gasteiger partial charge on any atom is -0.507 e. The molecule has 0 aliphatic heterocycles. The maximum atomic E-state index is 12.5. The molecule has 33 heavy (non-hydrogen) atoms. The number of aromatic hydroxyl groups is 1. The van der Waals surface area contributed by atoms with Crippen molar-refractivity contribution in [3.05, 3.63) is 71.4 Å². The molecule has 0 unspecified atom stereocenters. The highest BCUT2D eigenvalue weighted by molar-refractivity contribution is 7.85. The number of benzene rings is 2. The van der Waals surface area contributed by atoms with E-state index in [4.69, 9.17) is 4.74 Å². The number of ether oxygens (including phenoxy) is 1. The van der Waals surface area contributed by atoms with Gasteiger partial charge in [-0.25, -0.2) is 4.98 Å². The van der Waals surface area contributed by atoms with Crippen LogP contribution in [0.15, 0.2) is 59.5 Å². The van der Waals surface area contributed by atoms with E-state index in [1.165, 1.54) is 18.2 Å². The van der Waals surface area contributed by atoms with Crippen LogP contribution in [-0.4, -0.2) is 28.8 Å². The lowest BCUT2D eigenvalue weighted by Gasteiger charge is -2.18. The largest absolute Gasteiger partial charge is 0.507 e. The Morgan fingerprint density at radius 3 is 2.42 bits per heavy atom. The SMILES string of the molecule is Cc1c(OCc2cccc(-c3cccc(S(=O)(=O)O)c3)n2)ccc(C(=O)CC(C)(C)C)c1O. The summed E-state index contributed by atoms with van der Waals surface area (Å²) in [5.74, 6) is 0.210. The second-order valence-corrected chi connectivity index (χ2v) is 10.5. The van der Waals surface area contributed by atoms with Crippen molar-refractivity contribution in [3.63, 3.8) is 0 Å². The summed E-state index contributed by atoms with van der Waals surface area (Å²) in [6.45, 7) is 7.68. The predicted molar refractivity (Wildman–Crippen MR) is 125 cm³/mol. The first kappa shape index (κ1) is 24.4. The van der Waals surface area contributed by atoms with E-state index >= 15 is 0 Å². The average Bonchev–Trinajstić information content (AvgIpc) is 2.73. The molecule has 0 aliphatic carbocycles. The first-order chi connectivity index (χ1) is 15.3. The second kappa shape index (κ2) is 9.33. The van der Waals surface area contributed by atoms with Crippen molar-refractivity contribution in [1.29, 1.82) is 0 Å². The van der Waals surface area contributed by atoms with Gasteiger partial charge in [-0.3, -0.25) is 9.35 Å². The fraction of sp³-hybridized carbons (Fsp3) is 0.280. The molecule has 0 aliphatic rings. The molecule has 1 heterocycles. The number of carbonyl (C=O) groups excluding carboxylic acids is 1. The number of rotatable bonds is 7. The van der Waals surface area contributed by atoms with E-state index in [1.54, 1.807) is 43.3 Å². The molecular formula is C25H27NO6S. The first-order valence-electron chi connectivity index (χ1n) is 10.4. The molecule has 3 rings (SSSR count). The van der Waals surface area contributed by atoms with E-state index in [2.05, 4.69) is 4.98 Å². The van der Waals surface area contributed by atoms with Crippen molar-refractivity contribution in [1.82, 2.24) is 4.98 Å². The summed E-state index contributed by atoms with van der Waals surface area (Å²) in [6, 6.07) is 14.3. The minimum atomic E-state index is -4.32. The molecule has 8 heteroatoms. The number of pyridine rings is 1. The molecule has 2 N–H and O–H groups in total. The van der Waals surface area contributed by atoms with Crippen molar-refractivity contribution >= 4 is 15.9 Å². The van der Waals surface area contributed by atoms with Crippen LogP contribution < -0.4 is 4.74 Å². The Bertz CT molecular complexity index is 1290. The topological polar surface area (TPSA) is 114 Å². The highest BCUT2D eigenvalue weighted by Crippen LogP contribution is 2.33. The van der Waals surface area contributed by atoms with Crippen molar-refractivity contribution in [2.45, 2.75) is 45.6 Å². The van der Waals surface area contributed by atoms with Crippen molar-refractivity contribution in [2.24, 2.45) is 5.41 Å². The molecule has 0 saturated carbocycles. The van der Waals surface area contributed by atoms with Crippen LogP contribution in [0.25, 0.3) is 11.3 Å². The zero-order valence-corrected chi connectivity index (χ0v) is 19.8. The zero-order valence-electron chi connectivity index (χ0n) is 19.0. The molecule has 0 amide bonds. The summed E-state index contributed by atoms with van der Waals surface area (Å²) < 4.78 is 37.9. The lowest BCUT2D eigenvalue weighted by molar-refractivity contribution is 0.0937. The standard InChI is InChI=1S/C25H27NO6S/c1-16-23(12-11-20(24(16)28)22(27)14-25(2,3)4)32-15-18-8-6-10-21(26-18)17-7-5-9-19(13-17)33(29,30)31/h5-13,28H,14-15H2,1-4H3,(H,29,30,31). The lowest BCUT2D eigenvalue weighted by atomic mass is 9.87. The molecule has 0 radical (unpaired) electrons. The number of carbonyl (C=O) groups is 1. The normalized spacial score (nSPS) is 11.9. The van der Waals surface area contributed by atoms with Gasteiger partial charge in [-0.15, -0.1) is 0 Å². The fourth-order valence-electron chi connectivity index (χ4n) is 3.33. The third kappa shape index (κ3) is 6.18. The summed E-state index contributed by atoms with van der Waals surface area (Å²) in [5, 5.41) is 10.5. The summed E-state index contributed by atoms with van der Waals surface area (Å²) in [5.41, 5.74) is 2.17. The monoisotopic (exact) mass is 469 g/mol. The summed E-state index contributed by atoms with van der Waals surface area (Å²) in [6.07, 6.45) is 0.315. The Morgan fingerprint density at radius 2 is 1.76 bits per heavy atom. The van der Waals surface area contributed by atoms with Gasteiger partial charge in [0.1, 0.15) is 18.1 Å². The first-order valence-corrected chi connectivity index (χ1v) is 11.8. The number of hydrogen-bond donors (Lipinski definition) is 2.